The van der Waals surface area contributed by atoms with Gasteiger partial charge in [0.2, 0.25) is 17.8 Å². The lowest BCUT2D eigenvalue weighted by molar-refractivity contribution is 0.122. The lowest BCUT2D eigenvalue weighted by Crippen LogP contribution is -2.37. The summed E-state index contributed by atoms with van der Waals surface area (Å²) in [4.78, 5) is 15.5. The monoisotopic (exact) mass is 391 g/mol. The number of hydrogen-bond donors (Lipinski definition) is 2. The van der Waals surface area contributed by atoms with E-state index in [0.717, 1.165) is 24.5 Å². The van der Waals surface area contributed by atoms with Gasteiger partial charge in [-0.3, -0.25) is 0 Å². The molecule has 0 radical (unpaired) electrons. The Kier molecular flexibility index (Phi) is 6.08. The minimum atomic E-state index is 0.350. The molecule has 3 heterocycles. The molecule has 9 heteroatoms. The summed E-state index contributed by atoms with van der Waals surface area (Å²) in [5, 5.41) is 7.35. The van der Waals surface area contributed by atoms with E-state index >= 15 is 0 Å². The highest BCUT2D eigenvalue weighted by atomic mass is 16.5. The summed E-state index contributed by atoms with van der Waals surface area (Å²) in [7, 11) is 0. The number of para-hydroxylation sites is 1. The Hall–Kier alpha value is -3.72. The smallest absolute Gasteiger partial charge is 0.250 e. The largest absolute Gasteiger partial charge is 0.465 e. The van der Waals surface area contributed by atoms with Crippen LogP contribution < -0.4 is 15.6 Å². The van der Waals surface area contributed by atoms with Crippen molar-refractivity contribution in [2.24, 2.45) is 5.10 Å². The summed E-state index contributed by atoms with van der Waals surface area (Å²) in [6, 6.07) is 13.4. The van der Waals surface area contributed by atoms with Gasteiger partial charge in [-0.05, 0) is 36.4 Å². The number of nitrogens with zero attached hydrogens (tertiary/aromatic N) is 5. The number of rotatable bonds is 7. The molecule has 2 N–H and O–H groups in total. The second kappa shape index (κ2) is 9.47. The fourth-order valence-electron chi connectivity index (χ4n) is 2.69. The third-order valence-electron chi connectivity index (χ3n) is 4.08. The molecule has 0 spiro atoms. The van der Waals surface area contributed by atoms with Gasteiger partial charge in [0.25, 0.3) is 0 Å². The van der Waals surface area contributed by atoms with E-state index in [0.29, 0.717) is 31.1 Å². The fourth-order valence-corrected chi connectivity index (χ4v) is 2.69. The lowest BCUT2D eigenvalue weighted by Gasteiger charge is -2.27. The van der Waals surface area contributed by atoms with E-state index in [1.807, 2.05) is 42.5 Å². The van der Waals surface area contributed by atoms with E-state index in [-0.39, 0.29) is 0 Å². The second-order valence-corrected chi connectivity index (χ2v) is 6.14. The standard InChI is InChI=1S/C20H21N7O2/c1-2-6-16(7-3-1)22-18-23-19(25-20(24-18)27-11-14-28-15-12-27)26-21-10-4-8-17-9-5-13-29-17/h1-10,13H,11-12,14-15H2,(H2,22,23,24,25,26)/b8-4+,21-10+. The summed E-state index contributed by atoms with van der Waals surface area (Å²) in [6.07, 6.45) is 6.79. The number of hydrazone groups is 1. The third kappa shape index (κ3) is 5.39. The number of allylic oxidation sites excluding steroid dienone is 1. The highest BCUT2D eigenvalue weighted by molar-refractivity contribution is 5.77. The molecule has 9 nitrogen and oxygen atoms in total. The maximum absolute atomic E-state index is 5.42. The number of nitrogens with one attached hydrogen (secondary N) is 2. The first kappa shape index (κ1) is 18.6. The topological polar surface area (TPSA) is 101 Å². The van der Waals surface area contributed by atoms with Crippen LogP contribution in [-0.2, 0) is 4.74 Å². The van der Waals surface area contributed by atoms with Crippen molar-refractivity contribution in [1.29, 1.82) is 0 Å². The summed E-state index contributed by atoms with van der Waals surface area (Å²) in [5.74, 6) is 2.12. The first-order valence-corrected chi connectivity index (χ1v) is 9.27. The van der Waals surface area contributed by atoms with Crippen LogP contribution in [0.5, 0.6) is 0 Å². The van der Waals surface area contributed by atoms with Crippen LogP contribution in [0.4, 0.5) is 23.5 Å². The molecular weight excluding hydrogens is 370 g/mol. The van der Waals surface area contributed by atoms with Crippen molar-refractivity contribution in [3.63, 3.8) is 0 Å². The van der Waals surface area contributed by atoms with E-state index in [2.05, 4.69) is 35.7 Å². The summed E-state index contributed by atoms with van der Waals surface area (Å²) in [5.41, 5.74) is 3.75. The van der Waals surface area contributed by atoms with E-state index in [4.69, 9.17) is 9.15 Å². The Morgan fingerprint density at radius 1 is 0.966 bits per heavy atom. The van der Waals surface area contributed by atoms with Gasteiger partial charge in [-0.2, -0.15) is 20.1 Å². The van der Waals surface area contributed by atoms with E-state index in [1.165, 1.54) is 0 Å². The number of morpholine rings is 1. The number of hydrogen-bond acceptors (Lipinski definition) is 9. The zero-order valence-corrected chi connectivity index (χ0v) is 15.7. The molecule has 0 atom stereocenters. The Balaban J connectivity index is 1.50. The first-order valence-electron chi connectivity index (χ1n) is 9.27. The average molecular weight is 391 g/mol. The molecule has 1 aliphatic rings. The summed E-state index contributed by atoms with van der Waals surface area (Å²) in [6.45, 7) is 2.74. The fraction of sp³-hybridized carbons (Fsp3) is 0.200. The molecule has 0 bridgehead atoms. The van der Waals surface area contributed by atoms with Crippen LogP contribution in [0.1, 0.15) is 5.76 Å². The maximum atomic E-state index is 5.42. The van der Waals surface area contributed by atoms with Gasteiger partial charge >= 0.3 is 0 Å². The van der Waals surface area contributed by atoms with Crippen LogP contribution in [0.15, 0.2) is 64.3 Å². The molecule has 148 valence electrons. The van der Waals surface area contributed by atoms with Gasteiger partial charge in [0.1, 0.15) is 5.76 Å². The van der Waals surface area contributed by atoms with Gasteiger partial charge in [0, 0.05) is 25.0 Å². The molecule has 1 aliphatic heterocycles. The van der Waals surface area contributed by atoms with Crippen LogP contribution in [0, 0.1) is 0 Å². The highest BCUT2D eigenvalue weighted by Gasteiger charge is 2.16. The van der Waals surface area contributed by atoms with Crippen LogP contribution in [0.2, 0.25) is 0 Å². The zero-order valence-electron chi connectivity index (χ0n) is 15.7. The van der Waals surface area contributed by atoms with Crippen LogP contribution in [0.3, 0.4) is 0 Å². The normalized spacial score (nSPS) is 14.6. The molecule has 2 aromatic heterocycles. The van der Waals surface area contributed by atoms with Crippen LogP contribution >= 0.6 is 0 Å². The van der Waals surface area contributed by atoms with Crippen molar-refractivity contribution in [1.82, 2.24) is 15.0 Å². The Labute approximate surface area is 168 Å². The SMILES string of the molecule is C(=C\c1ccco1)/C=N/Nc1nc(Nc2ccccc2)nc(N2CCOCC2)n1. The molecule has 0 aliphatic carbocycles. The summed E-state index contributed by atoms with van der Waals surface area (Å²) < 4.78 is 10.6. The van der Waals surface area contributed by atoms with E-state index in [9.17, 15) is 0 Å². The molecule has 1 aromatic carbocycles. The molecule has 0 saturated carbocycles. The van der Waals surface area contributed by atoms with Crippen molar-refractivity contribution in [2.75, 3.05) is 41.9 Å². The number of aromatic nitrogens is 3. The highest BCUT2D eigenvalue weighted by Crippen LogP contribution is 2.18. The average Bonchev–Trinajstić information content (AvgIpc) is 3.28. The molecule has 4 rings (SSSR count). The predicted octanol–water partition coefficient (Wildman–Crippen LogP) is 3.16. The molecule has 0 amide bonds. The number of benzene rings is 1. The Morgan fingerprint density at radius 2 is 1.79 bits per heavy atom. The molecule has 29 heavy (non-hydrogen) atoms. The minimum Gasteiger partial charge on any atom is -0.465 e. The molecule has 1 fully saturated rings. The van der Waals surface area contributed by atoms with Gasteiger partial charge < -0.3 is 19.4 Å². The van der Waals surface area contributed by atoms with Crippen molar-refractivity contribution < 1.29 is 9.15 Å². The van der Waals surface area contributed by atoms with Gasteiger partial charge in [-0.25, -0.2) is 5.43 Å². The van der Waals surface area contributed by atoms with Gasteiger partial charge in [-0.15, -0.1) is 0 Å². The van der Waals surface area contributed by atoms with Gasteiger partial charge in [0.05, 0.1) is 19.5 Å². The number of furan rings is 1. The molecule has 0 unspecified atom stereocenters. The van der Waals surface area contributed by atoms with Crippen LogP contribution in [0.25, 0.3) is 6.08 Å². The minimum absolute atomic E-state index is 0.350. The summed E-state index contributed by atoms with van der Waals surface area (Å²) >= 11 is 0. The van der Waals surface area contributed by atoms with E-state index < -0.39 is 0 Å². The van der Waals surface area contributed by atoms with E-state index in [1.54, 1.807) is 24.6 Å². The zero-order chi connectivity index (χ0) is 19.7. The van der Waals surface area contributed by atoms with Crippen molar-refractivity contribution in [3.8, 4) is 0 Å². The van der Waals surface area contributed by atoms with Crippen molar-refractivity contribution in [2.45, 2.75) is 0 Å². The van der Waals surface area contributed by atoms with Crippen molar-refractivity contribution >= 4 is 35.8 Å². The van der Waals surface area contributed by atoms with Crippen LogP contribution in [-0.4, -0.2) is 47.5 Å². The van der Waals surface area contributed by atoms with Gasteiger partial charge in [-0.1, -0.05) is 18.2 Å². The first-order chi connectivity index (χ1) is 14.4. The molecule has 3 aromatic rings. The third-order valence-corrected chi connectivity index (χ3v) is 4.08. The second-order valence-electron chi connectivity index (χ2n) is 6.14. The number of anilines is 4. The van der Waals surface area contributed by atoms with Crippen molar-refractivity contribution in [3.05, 3.63) is 60.6 Å². The Bertz CT molecular complexity index is 952. The molecule has 1 saturated heterocycles. The predicted molar refractivity (Wildman–Crippen MR) is 112 cm³/mol. The van der Waals surface area contributed by atoms with Gasteiger partial charge in [0.15, 0.2) is 0 Å². The lowest BCUT2D eigenvalue weighted by atomic mass is 10.3. The Morgan fingerprint density at radius 3 is 2.59 bits per heavy atom. The number of ether oxygens (including phenoxy) is 1. The molecular formula is C20H21N7O2. The maximum Gasteiger partial charge on any atom is 0.250 e. The quantitative estimate of drug-likeness (QED) is 0.468.